The molecule has 0 unspecified atom stereocenters. The van der Waals surface area contributed by atoms with Crippen LogP contribution in [0.5, 0.6) is 0 Å². The van der Waals surface area contributed by atoms with Gasteiger partial charge in [0.25, 0.3) is 5.91 Å². The van der Waals surface area contributed by atoms with E-state index in [0.717, 1.165) is 26.7 Å². The number of benzene rings is 1. The van der Waals surface area contributed by atoms with Crippen LogP contribution in [0.4, 0.5) is 5.69 Å². The van der Waals surface area contributed by atoms with E-state index in [9.17, 15) is 13.2 Å². The first-order valence-electron chi connectivity index (χ1n) is 10.2. The Morgan fingerprint density at radius 3 is 2.62 bits per heavy atom. The minimum Gasteiger partial charge on any atom is -0.359 e. The number of anilines is 1. The molecule has 0 radical (unpaired) electrons. The van der Waals surface area contributed by atoms with E-state index in [2.05, 4.69) is 0 Å². The molecular weight excluding hydrogens is 464 g/mol. The van der Waals surface area contributed by atoms with Crippen molar-refractivity contribution in [2.45, 2.75) is 36.7 Å². The summed E-state index contributed by atoms with van der Waals surface area (Å²) in [5.41, 5.74) is 2.68. The van der Waals surface area contributed by atoms with Crippen LogP contribution in [0.25, 0.3) is 0 Å². The number of rotatable bonds is 5. The molecule has 1 amide bonds. The Balaban J connectivity index is 1.42. The number of hydrazone groups is 1. The first kappa shape index (κ1) is 21.3. The largest absolute Gasteiger partial charge is 0.359 e. The molecule has 10 heteroatoms. The highest BCUT2D eigenvalue weighted by Gasteiger charge is 2.36. The van der Waals surface area contributed by atoms with Gasteiger partial charge in [-0.25, -0.2) is 18.6 Å². The fraction of sp³-hybridized carbons (Fsp3) is 0.273. The van der Waals surface area contributed by atoms with E-state index < -0.39 is 10.0 Å². The van der Waals surface area contributed by atoms with Crippen molar-refractivity contribution >= 4 is 50.0 Å². The monoisotopic (exact) mass is 486 g/mol. The normalized spacial score (nSPS) is 20.5. The molecule has 4 heterocycles. The Kier molecular flexibility index (Phi) is 5.40. The minimum absolute atomic E-state index is 0.0632. The van der Waals surface area contributed by atoms with Crippen molar-refractivity contribution in [1.29, 1.82) is 0 Å². The molecule has 0 fully saturated rings. The molecular formula is C22H22N4O3S3. The van der Waals surface area contributed by atoms with Gasteiger partial charge in [-0.2, -0.15) is 5.10 Å². The smallest absolute Gasteiger partial charge is 0.262 e. The van der Waals surface area contributed by atoms with Gasteiger partial charge in [-0.3, -0.25) is 4.79 Å². The highest BCUT2D eigenvalue weighted by molar-refractivity contribution is 7.89. The molecule has 0 saturated heterocycles. The van der Waals surface area contributed by atoms with Gasteiger partial charge in [0.05, 0.1) is 28.1 Å². The molecule has 3 aromatic rings. The molecule has 2 N–H and O–H groups in total. The maximum atomic E-state index is 13.5. The number of nitrogens with two attached hydrogens (primary N) is 1. The van der Waals surface area contributed by atoms with Crippen LogP contribution in [0.2, 0.25) is 0 Å². The standard InChI is InChI=1S/C22H22N4O3S3/c1-14-10-15-11-16(32(23,28)29)6-7-18(15)25(14)13-22(27)26-19(21-5-3-9-31-21)12-17(24-26)20-4-2-8-30-20/h2-9,11,14,19H,10,12-13H2,1H3,(H2,23,28,29)/t14-,19-/m1/s1. The third kappa shape index (κ3) is 3.88. The second-order valence-electron chi connectivity index (χ2n) is 8.01. The molecule has 166 valence electrons. The van der Waals surface area contributed by atoms with Gasteiger partial charge in [0, 0.05) is 23.0 Å². The number of sulfonamides is 1. The number of thiophene rings is 2. The van der Waals surface area contributed by atoms with Crippen LogP contribution in [0.1, 0.15) is 34.7 Å². The van der Waals surface area contributed by atoms with Crippen LogP contribution in [0.15, 0.2) is 63.2 Å². The van der Waals surface area contributed by atoms with Crippen LogP contribution < -0.4 is 10.0 Å². The third-order valence-electron chi connectivity index (χ3n) is 5.89. The first-order valence-corrected chi connectivity index (χ1v) is 13.5. The average Bonchev–Trinajstić information content (AvgIpc) is 3.53. The van der Waals surface area contributed by atoms with Crippen molar-refractivity contribution < 1.29 is 13.2 Å². The highest BCUT2D eigenvalue weighted by atomic mass is 32.2. The lowest BCUT2D eigenvalue weighted by molar-refractivity contribution is -0.131. The fourth-order valence-electron chi connectivity index (χ4n) is 4.34. The number of carbonyl (C=O) groups excluding carboxylic acids is 1. The van der Waals surface area contributed by atoms with Crippen molar-refractivity contribution in [2.75, 3.05) is 11.4 Å². The average molecular weight is 487 g/mol. The van der Waals surface area contributed by atoms with Crippen LogP contribution in [-0.4, -0.2) is 37.6 Å². The van der Waals surface area contributed by atoms with E-state index in [1.54, 1.807) is 39.8 Å². The summed E-state index contributed by atoms with van der Waals surface area (Å²) in [5, 5.41) is 15.7. The van der Waals surface area contributed by atoms with Crippen molar-refractivity contribution in [3.63, 3.8) is 0 Å². The van der Waals surface area contributed by atoms with Crippen LogP contribution in [0.3, 0.4) is 0 Å². The number of hydrogen-bond acceptors (Lipinski definition) is 7. The summed E-state index contributed by atoms with van der Waals surface area (Å²) in [6, 6.07) is 12.9. The molecule has 2 aliphatic rings. The Labute approximate surface area is 194 Å². The highest BCUT2D eigenvalue weighted by Crippen LogP contribution is 2.38. The van der Waals surface area contributed by atoms with Gasteiger partial charge in [0.15, 0.2) is 0 Å². The number of amides is 1. The van der Waals surface area contributed by atoms with E-state index in [1.807, 2.05) is 46.8 Å². The van der Waals surface area contributed by atoms with Crippen molar-refractivity contribution in [3.05, 3.63) is 68.5 Å². The van der Waals surface area contributed by atoms with E-state index >= 15 is 0 Å². The SMILES string of the molecule is C[C@@H]1Cc2cc(S(N)(=O)=O)ccc2N1CC(=O)N1N=C(c2cccs2)C[C@@H]1c1cccs1. The predicted octanol–water partition coefficient (Wildman–Crippen LogP) is 3.59. The van der Waals surface area contributed by atoms with E-state index in [-0.39, 0.29) is 29.4 Å². The summed E-state index contributed by atoms with van der Waals surface area (Å²) in [6.45, 7) is 2.21. The zero-order chi connectivity index (χ0) is 22.5. The molecule has 32 heavy (non-hydrogen) atoms. The molecule has 0 saturated carbocycles. The molecule has 0 spiro atoms. The molecule has 2 aromatic heterocycles. The maximum Gasteiger partial charge on any atom is 0.262 e. The summed E-state index contributed by atoms with van der Waals surface area (Å²) in [7, 11) is -3.76. The summed E-state index contributed by atoms with van der Waals surface area (Å²) < 4.78 is 23.4. The topological polar surface area (TPSA) is 96.1 Å². The Morgan fingerprint density at radius 2 is 1.94 bits per heavy atom. The van der Waals surface area contributed by atoms with Crippen molar-refractivity contribution in [1.82, 2.24) is 5.01 Å². The first-order chi connectivity index (χ1) is 15.3. The lowest BCUT2D eigenvalue weighted by Crippen LogP contribution is -2.40. The van der Waals surface area contributed by atoms with Gasteiger partial charge in [-0.15, -0.1) is 22.7 Å². The van der Waals surface area contributed by atoms with E-state index in [0.29, 0.717) is 12.8 Å². The number of hydrogen-bond donors (Lipinski definition) is 1. The van der Waals surface area contributed by atoms with Crippen LogP contribution in [-0.2, 0) is 21.2 Å². The fourth-order valence-corrected chi connectivity index (χ4v) is 6.44. The van der Waals surface area contributed by atoms with Gasteiger partial charge in [-0.1, -0.05) is 12.1 Å². The number of fused-ring (bicyclic) bond motifs is 1. The van der Waals surface area contributed by atoms with Crippen molar-refractivity contribution in [2.24, 2.45) is 10.2 Å². The lowest BCUT2D eigenvalue weighted by Gasteiger charge is -2.28. The molecule has 0 bridgehead atoms. The Hall–Kier alpha value is -2.53. The van der Waals surface area contributed by atoms with E-state index in [1.165, 1.54) is 6.07 Å². The molecule has 2 atom stereocenters. The van der Waals surface area contributed by atoms with Gasteiger partial charge in [0.1, 0.15) is 0 Å². The Bertz CT molecular complexity index is 1280. The zero-order valence-corrected chi connectivity index (χ0v) is 19.8. The molecule has 2 aliphatic heterocycles. The quantitative estimate of drug-likeness (QED) is 0.596. The minimum atomic E-state index is -3.76. The van der Waals surface area contributed by atoms with Gasteiger partial charge >= 0.3 is 0 Å². The van der Waals surface area contributed by atoms with Gasteiger partial charge in [0.2, 0.25) is 10.0 Å². The third-order valence-corrected chi connectivity index (χ3v) is 8.69. The zero-order valence-electron chi connectivity index (χ0n) is 17.3. The second kappa shape index (κ2) is 8.11. The van der Waals surface area contributed by atoms with Crippen molar-refractivity contribution in [3.8, 4) is 0 Å². The number of primary sulfonamides is 1. The second-order valence-corrected chi connectivity index (χ2v) is 11.5. The molecule has 5 rings (SSSR count). The van der Waals surface area contributed by atoms with Crippen LogP contribution >= 0.6 is 22.7 Å². The summed E-state index contributed by atoms with van der Waals surface area (Å²) in [4.78, 5) is 17.8. The maximum absolute atomic E-state index is 13.5. The van der Waals surface area contributed by atoms with Crippen LogP contribution in [0, 0.1) is 0 Å². The summed E-state index contributed by atoms with van der Waals surface area (Å²) >= 11 is 3.26. The van der Waals surface area contributed by atoms with Gasteiger partial charge < -0.3 is 4.90 Å². The predicted molar refractivity (Wildman–Crippen MR) is 128 cm³/mol. The Morgan fingerprint density at radius 1 is 1.16 bits per heavy atom. The summed E-state index contributed by atoms with van der Waals surface area (Å²) in [5.74, 6) is -0.0785. The molecule has 1 aromatic carbocycles. The number of nitrogens with zero attached hydrogens (tertiary/aromatic N) is 3. The summed E-state index contributed by atoms with van der Waals surface area (Å²) in [6.07, 6.45) is 1.35. The molecule has 7 nitrogen and oxygen atoms in total. The van der Waals surface area contributed by atoms with E-state index in [4.69, 9.17) is 10.2 Å². The van der Waals surface area contributed by atoms with Gasteiger partial charge in [-0.05, 0) is 60.0 Å². The molecule has 0 aliphatic carbocycles. The lowest BCUT2D eigenvalue weighted by atomic mass is 10.1. The number of carbonyl (C=O) groups is 1.